The van der Waals surface area contributed by atoms with Crippen LogP contribution in [0.4, 0.5) is 4.79 Å². The van der Waals surface area contributed by atoms with E-state index in [1.54, 1.807) is 6.07 Å². The zero-order valence-electron chi connectivity index (χ0n) is 24.2. The summed E-state index contributed by atoms with van der Waals surface area (Å²) in [6.45, 7) is 12.9. The Hall–Kier alpha value is -3.17. The van der Waals surface area contributed by atoms with Gasteiger partial charge in [-0.2, -0.15) is 0 Å². The molecule has 1 amide bonds. The summed E-state index contributed by atoms with van der Waals surface area (Å²) in [6, 6.07) is 10.8. The Morgan fingerprint density at radius 1 is 1.00 bits per heavy atom. The fraction of sp³-hybridized carbons (Fsp3) is 0.581. The van der Waals surface area contributed by atoms with Crippen LogP contribution in [0.1, 0.15) is 70.7 Å². The number of hydrogen-bond acceptors (Lipinski definition) is 7. The summed E-state index contributed by atoms with van der Waals surface area (Å²) in [6.07, 6.45) is 5.16. The second kappa shape index (κ2) is 10.7. The summed E-state index contributed by atoms with van der Waals surface area (Å²) in [4.78, 5) is 23.2. The molecule has 1 atom stereocenters. The Morgan fingerprint density at radius 3 is 2.40 bits per heavy atom. The molecule has 0 spiro atoms. The maximum atomic E-state index is 12.5. The van der Waals surface area contributed by atoms with Crippen LogP contribution in [0, 0.1) is 0 Å². The number of aromatic nitrogens is 3. The number of carbonyl (C=O) groups excluding carboxylic acids is 1. The number of carbonyl (C=O) groups is 1. The largest absolute Gasteiger partial charge is 0.507 e. The van der Waals surface area contributed by atoms with E-state index in [9.17, 15) is 9.90 Å². The van der Waals surface area contributed by atoms with Crippen LogP contribution in [-0.4, -0.2) is 91.5 Å². The Kier molecular flexibility index (Phi) is 7.21. The van der Waals surface area contributed by atoms with E-state index in [0.29, 0.717) is 23.3 Å². The maximum absolute atomic E-state index is 12.5. The number of phenolic OH excluding ortho intramolecular Hbond substituents is 1. The number of rotatable bonds is 3. The zero-order valence-corrected chi connectivity index (χ0v) is 24.2. The van der Waals surface area contributed by atoms with Crippen molar-refractivity contribution in [3.8, 4) is 17.0 Å². The molecule has 9 heteroatoms. The number of aromatic hydroxyl groups is 1. The number of amides is 1. The lowest BCUT2D eigenvalue weighted by Gasteiger charge is -2.46. The summed E-state index contributed by atoms with van der Waals surface area (Å²) < 4.78 is 5.58. The van der Waals surface area contributed by atoms with Gasteiger partial charge in [0.25, 0.3) is 0 Å². The minimum absolute atomic E-state index is 0.181. The second-order valence-electron chi connectivity index (χ2n) is 12.7. The van der Waals surface area contributed by atoms with E-state index in [1.165, 1.54) is 11.3 Å². The van der Waals surface area contributed by atoms with Crippen molar-refractivity contribution in [2.24, 2.45) is 0 Å². The molecule has 2 saturated heterocycles. The lowest BCUT2D eigenvalue weighted by atomic mass is 9.91. The van der Waals surface area contributed by atoms with E-state index in [0.717, 1.165) is 75.9 Å². The first-order valence-electron chi connectivity index (χ1n) is 14.8. The van der Waals surface area contributed by atoms with Gasteiger partial charge in [-0.05, 0) is 90.2 Å². The molecule has 0 radical (unpaired) electrons. The smallest absolute Gasteiger partial charge is 0.410 e. The molecule has 5 heterocycles. The van der Waals surface area contributed by atoms with Gasteiger partial charge in [-0.1, -0.05) is 12.1 Å². The van der Waals surface area contributed by atoms with Crippen molar-refractivity contribution in [1.29, 1.82) is 0 Å². The van der Waals surface area contributed by atoms with Gasteiger partial charge >= 0.3 is 6.09 Å². The van der Waals surface area contributed by atoms with Gasteiger partial charge in [0.1, 0.15) is 11.4 Å². The predicted octanol–water partition coefficient (Wildman–Crippen LogP) is 5.11. The number of likely N-dealkylation sites (tertiary alicyclic amines) is 2. The van der Waals surface area contributed by atoms with Crippen LogP contribution in [0.25, 0.3) is 22.3 Å². The molecule has 0 bridgehead atoms. The molecular formula is C31H42N6O3. The number of para-hydroxylation sites is 1. The van der Waals surface area contributed by atoms with Crippen LogP contribution >= 0.6 is 0 Å². The molecule has 2 N–H and O–H groups in total. The lowest BCUT2D eigenvalue weighted by Crippen LogP contribution is -2.53. The van der Waals surface area contributed by atoms with Gasteiger partial charge in [0.2, 0.25) is 0 Å². The fourth-order valence-corrected chi connectivity index (χ4v) is 6.98. The summed E-state index contributed by atoms with van der Waals surface area (Å²) >= 11 is 0. The third-order valence-corrected chi connectivity index (χ3v) is 8.99. The predicted molar refractivity (Wildman–Crippen MR) is 155 cm³/mol. The summed E-state index contributed by atoms with van der Waals surface area (Å²) in [5, 5.41) is 20.4. The number of ether oxygens (including phenoxy) is 1. The standard InChI is InChI=1S/C31H42N6O3/c1-20-28-24-19-26(23-7-5-6-8-27(23)38)33-34-29(24)32-25(28)13-18-37(20)22-11-14-35(15-12-22)21-9-16-36(17-10-21)30(39)40-31(2,3)4/h5-8,19-22,38H,9-18H2,1-4H3,(H,32,34)/t20-/m1/s1. The molecule has 3 aliphatic heterocycles. The maximum Gasteiger partial charge on any atom is 0.410 e. The van der Waals surface area contributed by atoms with Gasteiger partial charge in [0.05, 0.1) is 5.69 Å². The molecule has 1 aromatic carbocycles. The van der Waals surface area contributed by atoms with E-state index in [4.69, 9.17) is 4.74 Å². The van der Waals surface area contributed by atoms with Gasteiger partial charge in [-0.25, -0.2) is 4.79 Å². The van der Waals surface area contributed by atoms with Gasteiger partial charge in [0.15, 0.2) is 5.65 Å². The first kappa shape index (κ1) is 27.0. The molecule has 3 aromatic rings. The summed E-state index contributed by atoms with van der Waals surface area (Å²) in [5.74, 6) is 0.220. The minimum Gasteiger partial charge on any atom is -0.507 e. The Labute approximate surface area is 236 Å². The molecule has 0 aliphatic carbocycles. The van der Waals surface area contributed by atoms with Crippen molar-refractivity contribution < 1.29 is 14.6 Å². The highest BCUT2D eigenvalue weighted by molar-refractivity contribution is 5.86. The Balaban J connectivity index is 1.10. The van der Waals surface area contributed by atoms with Crippen LogP contribution in [0.15, 0.2) is 30.3 Å². The molecule has 9 nitrogen and oxygen atoms in total. The highest BCUT2D eigenvalue weighted by Gasteiger charge is 2.36. The van der Waals surface area contributed by atoms with E-state index in [2.05, 4.69) is 38.0 Å². The van der Waals surface area contributed by atoms with Crippen LogP contribution in [0.3, 0.4) is 0 Å². The first-order chi connectivity index (χ1) is 19.2. The fourth-order valence-electron chi connectivity index (χ4n) is 6.98. The number of piperidine rings is 2. The van der Waals surface area contributed by atoms with Crippen LogP contribution in [-0.2, 0) is 11.2 Å². The molecular weight excluding hydrogens is 504 g/mol. The Bertz CT molecular complexity index is 1370. The van der Waals surface area contributed by atoms with Crippen molar-refractivity contribution in [2.75, 3.05) is 32.7 Å². The number of aromatic amines is 1. The van der Waals surface area contributed by atoms with E-state index < -0.39 is 5.60 Å². The molecule has 0 saturated carbocycles. The number of benzene rings is 1. The quantitative estimate of drug-likeness (QED) is 0.471. The highest BCUT2D eigenvalue weighted by Crippen LogP contribution is 2.39. The molecule has 40 heavy (non-hydrogen) atoms. The second-order valence-corrected chi connectivity index (χ2v) is 12.7. The number of fused-ring (bicyclic) bond motifs is 3. The van der Waals surface area contributed by atoms with Gasteiger partial charge in [-0.15, -0.1) is 10.2 Å². The lowest BCUT2D eigenvalue weighted by molar-refractivity contribution is 0.00791. The molecule has 2 aromatic heterocycles. The van der Waals surface area contributed by atoms with Crippen molar-refractivity contribution in [3.05, 3.63) is 41.6 Å². The van der Waals surface area contributed by atoms with Gasteiger partial charge in [0, 0.05) is 60.8 Å². The number of hydrogen-bond donors (Lipinski definition) is 2. The highest BCUT2D eigenvalue weighted by atomic mass is 16.6. The van der Waals surface area contributed by atoms with Gasteiger partial charge < -0.3 is 24.6 Å². The van der Waals surface area contributed by atoms with Crippen LogP contribution < -0.4 is 0 Å². The molecule has 2 fully saturated rings. The molecule has 0 unspecified atom stereocenters. The number of phenols is 1. The van der Waals surface area contributed by atoms with Crippen LogP contribution in [0.5, 0.6) is 5.75 Å². The van der Waals surface area contributed by atoms with E-state index >= 15 is 0 Å². The zero-order chi connectivity index (χ0) is 28.0. The van der Waals surface area contributed by atoms with E-state index in [1.807, 2.05) is 43.9 Å². The number of nitrogens with zero attached hydrogens (tertiary/aromatic N) is 5. The van der Waals surface area contributed by atoms with Crippen LogP contribution in [0.2, 0.25) is 0 Å². The molecule has 214 valence electrons. The average molecular weight is 547 g/mol. The topological polar surface area (TPSA) is 97.8 Å². The average Bonchev–Trinajstić information content (AvgIpc) is 3.31. The summed E-state index contributed by atoms with van der Waals surface area (Å²) in [5.41, 5.74) is 4.36. The first-order valence-corrected chi connectivity index (χ1v) is 14.8. The monoisotopic (exact) mass is 546 g/mol. The van der Waals surface area contributed by atoms with Crippen molar-refractivity contribution in [3.63, 3.8) is 0 Å². The van der Waals surface area contributed by atoms with Crippen molar-refractivity contribution in [2.45, 2.75) is 83.5 Å². The Morgan fingerprint density at radius 2 is 1.70 bits per heavy atom. The van der Waals surface area contributed by atoms with Crippen molar-refractivity contribution >= 4 is 17.1 Å². The van der Waals surface area contributed by atoms with Crippen molar-refractivity contribution in [1.82, 2.24) is 29.9 Å². The number of H-pyrrole nitrogens is 1. The van der Waals surface area contributed by atoms with Gasteiger partial charge in [-0.3, -0.25) is 4.90 Å². The third-order valence-electron chi connectivity index (χ3n) is 8.99. The minimum atomic E-state index is -0.449. The normalized spacial score (nSPS) is 22.0. The molecule has 6 rings (SSSR count). The number of nitrogens with one attached hydrogen (secondary N) is 1. The summed E-state index contributed by atoms with van der Waals surface area (Å²) in [7, 11) is 0. The van der Waals surface area contributed by atoms with E-state index in [-0.39, 0.29) is 17.9 Å². The third kappa shape index (κ3) is 5.29. The SMILES string of the molecule is C[C@@H]1c2c([nH]c3nnc(-c4ccccc4O)cc23)CCN1C1CCN(C2CCN(C(=O)OC(C)(C)C)CC2)CC1. The molecule has 3 aliphatic rings.